The van der Waals surface area contributed by atoms with E-state index >= 15 is 0 Å². The summed E-state index contributed by atoms with van der Waals surface area (Å²) in [5.74, 6) is -0.642. The maximum atomic E-state index is 13.1. The number of carbonyl (C=O) groups is 2. The minimum Gasteiger partial charge on any atom is -0.394 e. The Labute approximate surface area is 286 Å². The first-order valence-electron chi connectivity index (χ1n) is 15.6. The first-order valence-corrected chi connectivity index (χ1v) is 17.8. The number of hydrogen-bond donors (Lipinski definition) is 13. The Morgan fingerprint density at radius 2 is 1.27 bits per heavy atom. The summed E-state index contributed by atoms with van der Waals surface area (Å²) < 4.78 is 45.3. The minimum atomic E-state index is -5.33. The highest BCUT2D eigenvalue weighted by atomic mass is 32.1. The van der Waals surface area contributed by atoms with E-state index in [2.05, 4.69) is 29.0 Å². The van der Waals surface area contributed by atoms with Crippen LogP contribution in [0, 0.1) is 0 Å². The van der Waals surface area contributed by atoms with E-state index in [1.54, 1.807) is 0 Å². The van der Waals surface area contributed by atoms with Gasteiger partial charge in [-0.2, -0.15) is 12.6 Å². The number of quaternary nitrogens is 1. The lowest BCUT2D eigenvalue weighted by Gasteiger charge is -2.45. The topological polar surface area (TPSA) is 340 Å². The fourth-order valence-corrected chi connectivity index (χ4v) is 6.66. The van der Waals surface area contributed by atoms with Crippen LogP contribution in [0.2, 0.25) is 0 Å². The number of unbranched alkanes of at least 4 members (excludes halogenated alkanes) is 2. The number of thiol groups is 1. The molecule has 23 heteroatoms. The average molecular weight is 755 g/mol. The van der Waals surface area contributed by atoms with Gasteiger partial charge in [0.15, 0.2) is 18.6 Å². The zero-order valence-electron chi connectivity index (χ0n) is 26.6. The van der Waals surface area contributed by atoms with E-state index in [4.69, 9.17) is 28.0 Å². The Morgan fingerprint density at radius 1 is 0.755 bits per heavy atom. The van der Waals surface area contributed by atoms with Gasteiger partial charge in [0.1, 0.15) is 67.0 Å². The Hall–Kier alpha value is -1.12. The summed E-state index contributed by atoms with van der Waals surface area (Å²) in [6.45, 7) is -1.23. The number of phosphoric ester groups is 1. The van der Waals surface area contributed by atoms with E-state index in [0.29, 0.717) is 18.6 Å². The van der Waals surface area contributed by atoms with Crippen molar-refractivity contribution in [2.24, 2.45) is 0 Å². The molecule has 3 heterocycles. The van der Waals surface area contributed by atoms with Gasteiger partial charge in [0.2, 0.25) is 18.1 Å². The second-order valence-electron chi connectivity index (χ2n) is 12.0. The number of hydrogen-bond acceptors (Lipinski definition) is 18. The number of phosphoric acid groups is 1. The van der Waals surface area contributed by atoms with Crippen LogP contribution in [0.5, 0.6) is 0 Å². The standard InChI is InChI=1S/C26H48N3O18PS/c1-10(32)28-17-23(39)20(36)13(45-26(17)47-48(40,41)46-24-15(27)21(37)18(34)11(7-30)43-24)9-42-25-16(22(38)19(35)12(8-31)44-25)29-14(33)5-3-2-4-6-49/h11-13,15-26,30-31,34-39,49H,2-9,27H2,1H3,(H,28,32)(H,29,33)(H,40,41)/p+1/t11-,12-,13-,15-,16-,17-,18+,19-,20-,21-,22-,23-,24-,25-,26-/m1/s1. The molecule has 1 unspecified atom stereocenters. The van der Waals surface area contributed by atoms with Crippen LogP contribution in [-0.2, 0) is 42.1 Å². The number of ether oxygens (including phenoxy) is 4. The van der Waals surface area contributed by atoms with Crippen molar-refractivity contribution in [3.63, 3.8) is 0 Å². The van der Waals surface area contributed by atoms with E-state index in [9.17, 15) is 59.9 Å². The highest BCUT2D eigenvalue weighted by molar-refractivity contribution is 7.80. The Morgan fingerprint density at radius 3 is 1.84 bits per heavy atom. The van der Waals surface area contributed by atoms with Gasteiger partial charge < -0.3 is 81.1 Å². The zero-order chi connectivity index (χ0) is 36.6. The number of nitrogens with one attached hydrogen (secondary N) is 2. The second-order valence-corrected chi connectivity index (χ2v) is 13.8. The van der Waals surface area contributed by atoms with E-state index in [-0.39, 0.29) is 6.42 Å². The van der Waals surface area contributed by atoms with Crippen molar-refractivity contribution in [2.75, 3.05) is 25.6 Å². The molecule has 0 aromatic carbocycles. The number of amides is 2. The van der Waals surface area contributed by atoms with Crippen molar-refractivity contribution < 1.29 is 93.6 Å². The first-order chi connectivity index (χ1) is 23.0. The molecule has 286 valence electrons. The molecule has 0 saturated carbocycles. The average Bonchev–Trinajstić information content (AvgIpc) is 3.05. The molecule has 0 bridgehead atoms. The molecule has 2 amide bonds. The molecule has 0 aromatic heterocycles. The van der Waals surface area contributed by atoms with Crippen LogP contribution < -0.4 is 16.4 Å². The van der Waals surface area contributed by atoms with Gasteiger partial charge in [0, 0.05) is 13.3 Å². The Kier molecular flexibility index (Phi) is 16.5. The molecule has 3 rings (SSSR count). The van der Waals surface area contributed by atoms with E-state index < -0.39 is 131 Å². The lowest BCUT2D eigenvalue weighted by molar-refractivity contribution is -0.495. The highest BCUT2D eigenvalue weighted by Crippen LogP contribution is 2.49. The third-order valence-electron chi connectivity index (χ3n) is 8.25. The van der Waals surface area contributed by atoms with Crippen molar-refractivity contribution in [3.8, 4) is 0 Å². The van der Waals surface area contributed by atoms with Gasteiger partial charge in [-0.25, -0.2) is 9.09 Å². The minimum absolute atomic E-state index is 0.0632. The summed E-state index contributed by atoms with van der Waals surface area (Å²) in [5, 5.41) is 86.9. The predicted molar refractivity (Wildman–Crippen MR) is 163 cm³/mol. The molecule has 3 aliphatic heterocycles. The molecule has 21 nitrogen and oxygen atoms in total. The molecule has 3 saturated heterocycles. The van der Waals surface area contributed by atoms with Crippen molar-refractivity contribution in [1.82, 2.24) is 10.6 Å². The highest BCUT2D eigenvalue weighted by Gasteiger charge is 2.52. The molecule has 49 heavy (non-hydrogen) atoms. The lowest BCUT2D eigenvalue weighted by atomic mass is 9.96. The molecule has 0 aromatic rings. The van der Waals surface area contributed by atoms with Crippen molar-refractivity contribution >= 4 is 32.3 Å². The predicted octanol–water partition coefficient (Wildman–Crippen LogP) is -6.45. The normalized spacial score (nSPS) is 41.1. The van der Waals surface area contributed by atoms with Gasteiger partial charge in [-0.1, -0.05) is 6.42 Å². The van der Waals surface area contributed by atoms with E-state index in [1.807, 2.05) is 0 Å². The first kappa shape index (κ1) is 42.3. The van der Waals surface area contributed by atoms with Crippen LogP contribution in [-0.4, -0.2) is 175 Å². The summed E-state index contributed by atoms with van der Waals surface area (Å²) in [4.78, 5) is 35.1. The van der Waals surface area contributed by atoms with E-state index in [0.717, 1.165) is 13.3 Å². The molecule has 0 spiro atoms. The van der Waals surface area contributed by atoms with Crippen LogP contribution >= 0.6 is 20.5 Å². The van der Waals surface area contributed by atoms with Gasteiger partial charge in [-0.15, -0.1) is 0 Å². The molecule has 16 atom stereocenters. The molecular formula is C26H49N3O18PS+. The van der Waals surface area contributed by atoms with Gasteiger partial charge in [-0.3, -0.25) is 14.1 Å². The SMILES string of the molecule is CC(=O)N[C@H]1[C@@H](OP(=O)(O)O[C@H]2O[C@H](CO)[C@H](O)[C@H](O)[C@H]2[NH3+])O[C@H](CO[C@@H]2O[C@H](CO)[C@@H](O)[C@H](O)[C@H]2NC(=O)CCCCCS)[C@@H](O)[C@@H]1O. The van der Waals surface area contributed by atoms with E-state index in [1.165, 1.54) is 0 Å². The van der Waals surface area contributed by atoms with Crippen LogP contribution in [0.25, 0.3) is 0 Å². The second kappa shape index (κ2) is 19.1. The summed E-state index contributed by atoms with van der Waals surface area (Å²) in [5.41, 5.74) is 3.54. The maximum absolute atomic E-state index is 13.1. The van der Waals surface area contributed by atoms with Crippen molar-refractivity contribution in [2.45, 2.75) is 125 Å². The van der Waals surface area contributed by atoms with Crippen LogP contribution in [0.1, 0.15) is 32.6 Å². The summed E-state index contributed by atoms with van der Waals surface area (Å²) in [6, 6.07) is -4.42. The summed E-state index contributed by atoms with van der Waals surface area (Å²) in [6.07, 6.45) is -18.0. The Balaban J connectivity index is 1.76. The van der Waals surface area contributed by atoms with Gasteiger partial charge >= 0.3 is 7.82 Å². The molecular weight excluding hydrogens is 705 g/mol. The van der Waals surface area contributed by atoms with Crippen molar-refractivity contribution in [3.05, 3.63) is 0 Å². The lowest BCUT2D eigenvalue weighted by Crippen LogP contribution is -2.78. The molecule has 14 N–H and O–H groups in total. The molecule has 3 fully saturated rings. The van der Waals surface area contributed by atoms with Gasteiger partial charge in [0.25, 0.3) is 0 Å². The number of carbonyl (C=O) groups excluding carboxylic acids is 2. The molecule has 3 aliphatic rings. The van der Waals surface area contributed by atoms with Crippen molar-refractivity contribution in [1.29, 1.82) is 0 Å². The monoisotopic (exact) mass is 754 g/mol. The summed E-state index contributed by atoms with van der Waals surface area (Å²) >= 11 is 4.12. The van der Waals surface area contributed by atoms with Gasteiger partial charge in [0.05, 0.1) is 19.8 Å². The zero-order valence-corrected chi connectivity index (χ0v) is 28.4. The maximum Gasteiger partial charge on any atom is 0.477 e. The Bertz CT molecular complexity index is 1120. The fourth-order valence-electron chi connectivity index (χ4n) is 5.48. The van der Waals surface area contributed by atoms with Gasteiger partial charge in [-0.05, 0) is 18.6 Å². The largest absolute Gasteiger partial charge is 0.477 e. The van der Waals surface area contributed by atoms with Crippen LogP contribution in [0.4, 0.5) is 0 Å². The van der Waals surface area contributed by atoms with Crippen LogP contribution in [0.3, 0.4) is 0 Å². The number of rotatable bonds is 16. The smallest absolute Gasteiger partial charge is 0.394 e. The number of aliphatic hydroxyl groups excluding tert-OH is 8. The number of aliphatic hydroxyl groups is 8. The third-order valence-corrected chi connectivity index (χ3v) is 9.51. The molecule has 0 radical (unpaired) electrons. The molecule has 0 aliphatic carbocycles. The third kappa shape index (κ3) is 11.2. The van der Waals surface area contributed by atoms with Crippen LogP contribution in [0.15, 0.2) is 0 Å². The summed E-state index contributed by atoms with van der Waals surface area (Å²) in [7, 11) is -5.33. The fraction of sp³-hybridized carbons (Fsp3) is 0.923. The quantitative estimate of drug-likeness (QED) is 0.0396.